The summed E-state index contributed by atoms with van der Waals surface area (Å²) in [6.07, 6.45) is -0.414. The van der Waals surface area contributed by atoms with Crippen molar-refractivity contribution in [1.29, 1.82) is 0 Å². The van der Waals surface area contributed by atoms with Gasteiger partial charge < -0.3 is 15.4 Å². The van der Waals surface area contributed by atoms with Crippen molar-refractivity contribution in [3.63, 3.8) is 0 Å². The van der Waals surface area contributed by atoms with Crippen LogP contribution in [0.25, 0.3) is 0 Å². The first-order valence-corrected chi connectivity index (χ1v) is 7.39. The van der Waals surface area contributed by atoms with E-state index < -0.39 is 11.7 Å². The second kappa shape index (κ2) is 7.19. The van der Waals surface area contributed by atoms with E-state index in [4.69, 9.17) is 16.3 Å². The van der Waals surface area contributed by atoms with Crippen LogP contribution in [-0.2, 0) is 4.74 Å². The van der Waals surface area contributed by atoms with Gasteiger partial charge >= 0.3 is 6.09 Å². The summed E-state index contributed by atoms with van der Waals surface area (Å²) in [7, 11) is 0. The van der Waals surface area contributed by atoms with Gasteiger partial charge in [0.2, 0.25) is 0 Å². The Labute approximate surface area is 132 Å². The molecule has 1 aromatic rings. The summed E-state index contributed by atoms with van der Waals surface area (Å²) in [5.74, 6) is 0. The number of benzene rings is 1. The van der Waals surface area contributed by atoms with Crippen molar-refractivity contribution < 1.29 is 9.53 Å². The average Bonchev–Trinajstić information content (AvgIpc) is 2.24. The maximum atomic E-state index is 11.4. The third kappa shape index (κ3) is 6.87. The van der Waals surface area contributed by atoms with Crippen LogP contribution in [0.2, 0.25) is 5.02 Å². The molecule has 2 N–H and O–H groups in total. The van der Waals surface area contributed by atoms with Crippen LogP contribution in [0.1, 0.15) is 20.8 Å². The van der Waals surface area contributed by atoms with Crippen LogP contribution in [0.5, 0.6) is 0 Å². The number of anilines is 1. The lowest BCUT2D eigenvalue weighted by atomic mass is 10.2. The second-order valence-electron chi connectivity index (χ2n) is 4.98. The van der Waals surface area contributed by atoms with Crippen molar-refractivity contribution in [2.75, 3.05) is 18.4 Å². The number of alkyl carbamates (subject to hydrolysis) is 1. The van der Waals surface area contributed by atoms with E-state index in [-0.39, 0.29) is 0 Å². The highest BCUT2D eigenvalue weighted by Gasteiger charge is 2.15. The average molecular weight is 397 g/mol. The standard InChI is InChI=1S/C13H18ClIN2O2/c1-13(2,3)19-12(18)17-7-6-16-11-5-4-9(15)8-10(11)14/h4-5,8,16H,6-7H2,1-3H3,(H,17,18). The molecule has 0 bridgehead atoms. The largest absolute Gasteiger partial charge is 0.444 e. The number of nitrogens with one attached hydrogen (secondary N) is 2. The van der Waals surface area contributed by atoms with Crippen LogP contribution in [0.4, 0.5) is 10.5 Å². The molecule has 4 nitrogen and oxygen atoms in total. The molecule has 0 fully saturated rings. The number of hydrogen-bond acceptors (Lipinski definition) is 3. The minimum Gasteiger partial charge on any atom is -0.444 e. The number of halogens is 2. The molecule has 1 amide bonds. The zero-order valence-corrected chi connectivity index (χ0v) is 14.1. The number of hydrogen-bond donors (Lipinski definition) is 2. The molecule has 0 saturated heterocycles. The first kappa shape index (κ1) is 16.4. The number of carbonyl (C=O) groups is 1. The Hall–Kier alpha value is -0.690. The minimum atomic E-state index is -0.475. The van der Waals surface area contributed by atoms with E-state index in [0.29, 0.717) is 18.1 Å². The van der Waals surface area contributed by atoms with Gasteiger partial charge in [-0.2, -0.15) is 0 Å². The SMILES string of the molecule is CC(C)(C)OC(=O)NCCNc1ccc(I)cc1Cl. The molecule has 0 unspecified atom stereocenters. The Morgan fingerprint density at radius 2 is 2.05 bits per heavy atom. The first-order valence-electron chi connectivity index (χ1n) is 5.94. The summed E-state index contributed by atoms with van der Waals surface area (Å²) in [5, 5.41) is 6.50. The predicted octanol–water partition coefficient (Wildman–Crippen LogP) is 3.88. The molecule has 0 aliphatic carbocycles. The molecular formula is C13H18ClIN2O2. The van der Waals surface area contributed by atoms with E-state index >= 15 is 0 Å². The predicted molar refractivity (Wildman–Crippen MR) is 86.9 cm³/mol. The molecule has 1 rings (SSSR count). The fourth-order valence-electron chi connectivity index (χ4n) is 1.31. The molecule has 19 heavy (non-hydrogen) atoms. The molecule has 0 aliphatic rings. The minimum absolute atomic E-state index is 0.414. The molecule has 1 aromatic carbocycles. The van der Waals surface area contributed by atoms with Gasteiger partial charge in [-0.05, 0) is 61.6 Å². The van der Waals surface area contributed by atoms with Crippen molar-refractivity contribution in [2.24, 2.45) is 0 Å². The van der Waals surface area contributed by atoms with Crippen LogP contribution < -0.4 is 10.6 Å². The fraction of sp³-hybridized carbons (Fsp3) is 0.462. The summed E-state index contributed by atoms with van der Waals surface area (Å²) in [6.45, 7) is 6.54. The number of amides is 1. The topological polar surface area (TPSA) is 50.4 Å². The van der Waals surface area contributed by atoms with Gasteiger partial charge in [-0.15, -0.1) is 0 Å². The maximum Gasteiger partial charge on any atom is 0.407 e. The second-order valence-corrected chi connectivity index (χ2v) is 6.63. The van der Waals surface area contributed by atoms with Crippen LogP contribution in [0.15, 0.2) is 18.2 Å². The van der Waals surface area contributed by atoms with Gasteiger partial charge in [0.05, 0.1) is 10.7 Å². The molecule has 0 spiro atoms. The van der Waals surface area contributed by atoms with Crippen molar-refractivity contribution in [3.05, 3.63) is 26.8 Å². The Morgan fingerprint density at radius 3 is 2.63 bits per heavy atom. The van der Waals surface area contributed by atoms with Crippen LogP contribution in [-0.4, -0.2) is 24.8 Å². The summed E-state index contributed by atoms with van der Waals surface area (Å²) >= 11 is 8.28. The normalized spacial score (nSPS) is 11.0. The summed E-state index contributed by atoms with van der Waals surface area (Å²) in [6, 6.07) is 5.76. The molecular weight excluding hydrogens is 379 g/mol. The molecule has 0 aromatic heterocycles. The van der Waals surface area contributed by atoms with E-state index in [0.717, 1.165) is 9.26 Å². The number of ether oxygens (including phenoxy) is 1. The van der Waals surface area contributed by atoms with Gasteiger partial charge in [0, 0.05) is 16.7 Å². The molecule has 0 atom stereocenters. The first-order chi connectivity index (χ1) is 8.78. The van der Waals surface area contributed by atoms with Gasteiger partial charge in [-0.25, -0.2) is 4.79 Å². The van der Waals surface area contributed by atoms with E-state index in [1.165, 1.54) is 0 Å². The van der Waals surface area contributed by atoms with Crippen molar-refractivity contribution in [3.8, 4) is 0 Å². The van der Waals surface area contributed by atoms with Gasteiger partial charge in [0.15, 0.2) is 0 Å². The Bertz CT molecular complexity index is 447. The highest BCUT2D eigenvalue weighted by molar-refractivity contribution is 14.1. The van der Waals surface area contributed by atoms with Crippen molar-refractivity contribution >= 4 is 46.0 Å². The van der Waals surface area contributed by atoms with Gasteiger partial charge in [0.25, 0.3) is 0 Å². The van der Waals surface area contributed by atoms with Gasteiger partial charge in [0.1, 0.15) is 5.60 Å². The molecule has 106 valence electrons. The molecule has 0 aliphatic heterocycles. The summed E-state index contributed by atoms with van der Waals surface area (Å²) in [5.41, 5.74) is 0.379. The van der Waals surface area contributed by atoms with E-state index in [1.807, 2.05) is 39.0 Å². The monoisotopic (exact) mass is 396 g/mol. The lowest BCUT2D eigenvalue weighted by Crippen LogP contribution is -2.35. The molecule has 0 heterocycles. The zero-order chi connectivity index (χ0) is 14.5. The van der Waals surface area contributed by atoms with Crippen molar-refractivity contribution in [1.82, 2.24) is 5.32 Å². The van der Waals surface area contributed by atoms with Gasteiger partial charge in [-0.3, -0.25) is 0 Å². The zero-order valence-electron chi connectivity index (χ0n) is 11.2. The number of rotatable bonds is 4. The van der Waals surface area contributed by atoms with Crippen LogP contribution in [0, 0.1) is 3.57 Å². The van der Waals surface area contributed by atoms with Crippen LogP contribution in [0.3, 0.4) is 0 Å². The lowest BCUT2D eigenvalue weighted by Gasteiger charge is -2.19. The van der Waals surface area contributed by atoms with E-state index in [1.54, 1.807) is 0 Å². The van der Waals surface area contributed by atoms with E-state index in [2.05, 4.69) is 33.2 Å². The van der Waals surface area contributed by atoms with E-state index in [9.17, 15) is 4.79 Å². The number of carbonyl (C=O) groups excluding carboxylic acids is 1. The lowest BCUT2D eigenvalue weighted by molar-refractivity contribution is 0.0530. The quantitative estimate of drug-likeness (QED) is 0.600. The highest BCUT2D eigenvalue weighted by atomic mass is 127. The summed E-state index contributed by atoms with van der Waals surface area (Å²) in [4.78, 5) is 11.4. The molecule has 0 radical (unpaired) electrons. The highest BCUT2D eigenvalue weighted by Crippen LogP contribution is 2.23. The fourth-order valence-corrected chi connectivity index (χ4v) is 2.23. The smallest absolute Gasteiger partial charge is 0.407 e. The molecule has 6 heteroatoms. The Balaban J connectivity index is 2.29. The summed E-state index contributed by atoms with van der Waals surface area (Å²) < 4.78 is 6.21. The third-order valence-corrected chi connectivity index (χ3v) is 3.02. The Kier molecular flexibility index (Phi) is 6.19. The molecule has 0 saturated carbocycles. The maximum absolute atomic E-state index is 11.4. The third-order valence-electron chi connectivity index (χ3n) is 2.04. The Morgan fingerprint density at radius 1 is 1.37 bits per heavy atom. The van der Waals surface area contributed by atoms with Crippen LogP contribution >= 0.6 is 34.2 Å². The van der Waals surface area contributed by atoms with Crippen molar-refractivity contribution in [2.45, 2.75) is 26.4 Å². The van der Waals surface area contributed by atoms with Gasteiger partial charge in [-0.1, -0.05) is 11.6 Å².